The molecule has 0 aromatic heterocycles. The summed E-state index contributed by atoms with van der Waals surface area (Å²) in [6.07, 6.45) is 10.9. The Bertz CT molecular complexity index is 238. The standard InChI is InChI=1S/C14H24BrNO/c1-3-4-5-6-7-8-9-10-11-14(17)16-12-13(2)15/h3H,1-2,4-12H2,(H,16,17). The Hall–Kier alpha value is -0.570. The Kier molecular flexibility index (Phi) is 11.5. The van der Waals surface area contributed by atoms with Crippen LogP contribution in [0.25, 0.3) is 0 Å². The summed E-state index contributed by atoms with van der Waals surface area (Å²) < 4.78 is 0.813. The van der Waals surface area contributed by atoms with Crippen molar-refractivity contribution in [1.29, 1.82) is 0 Å². The molecule has 0 bridgehead atoms. The van der Waals surface area contributed by atoms with E-state index in [1.54, 1.807) is 0 Å². The number of allylic oxidation sites excluding steroid dienone is 1. The first-order chi connectivity index (χ1) is 8.16. The van der Waals surface area contributed by atoms with Crippen molar-refractivity contribution in [2.24, 2.45) is 0 Å². The van der Waals surface area contributed by atoms with Crippen molar-refractivity contribution in [1.82, 2.24) is 5.32 Å². The zero-order valence-corrected chi connectivity index (χ0v) is 12.2. The zero-order valence-electron chi connectivity index (χ0n) is 10.6. The molecular formula is C14H24BrNO. The van der Waals surface area contributed by atoms with E-state index in [1.807, 2.05) is 6.08 Å². The summed E-state index contributed by atoms with van der Waals surface area (Å²) in [4.78, 5) is 11.3. The van der Waals surface area contributed by atoms with Gasteiger partial charge >= 0.3 is 0 Å². The first-order valence-electron chi connectivity index (χ1n) is 6.37. The van der Waals surface area contributed by atoms with Crippen LogP contribution in [0.5, 0.6) is 0 Å². The molecule has 3 heteroatoms. The quantitative estimate of drug-likeness (QED) is 0.447. The number of carbonyl (C=O) groups excluding carboxylic acids is 1. The smallest absolute Gasteiger partial charge is 0.220 e. The Morgan fingerprint density at radius 3 is 2.29 bits per heavy atom. The number of unbranched alkanes of at least 4 members (excludes halogenated alkanes) is 6. The number of hydrogen-bond donors (Lipinski definition) is 1. The molecule has 0 fully saturated rings. The maximum absolute atomic E-state index is 11.3. The third-order valence-corrected chi connectivity index (χ3v) is 2.82. The Balaban J connectivity index is 3.19. The Morgan fingerprint density at radius 1 is 1.12 bits per heavy atom. The number of rotatable bonds is 11. The van der Waals surface area contributed by atoms with Crippen LogP contribution in [0.2, 0.25) is 0 Å². The summed E-state index contributed by atoms with van der Waals surface area (Å²) in [5.74, 6) is 0.122. The number of halogens is 1. The molecule has 0 aliphatic carbocycles. The summed E-state index contributed by atoms with van der Waals surface area (Å²) in [7, 11) is 0. The van der Waals surface area contributed by atoms with Gasteiger partial charge in [0.1, 0.15) is 0 Å². The van der Waals surface area contributed by atoms with E-state index in [0.717, 1.165) is 23.7 Å². The highest BCUT2D eigenvalue weighted by molar-refractivity contribution is 9.11. The molecule has 1 N–H and O–H groups in total. The van der Waals surface area contributed by atoms with Gasteiger partial charge in [0.25, 0.3) is 0 Å². The average molecular weight is 302 g/mol. The first kappa shape index (κ1) is 16.4. The highest BCUT2D eigenvalue weighted by atomic mass is 79.9. The topological polar surface area (TPSA) is 29.1 Å². The van der Waals surface area contributed by atoms with Crippen LogP contribution in [-0.2, 0) is 4.79 Å². The van der Waals surface area contributed by atoms with E-state index in [2.05, 4.69) is 34.4 Å². The third-order valence-electron chi connectivity index (χ3n) is 2.54. The molecule has 0 saturated carbocycles. The monoisotopic (exact) mass is 301 g/mol. The number of hydrogen-bond acceptors (Lipinski definition) is 1. The van der Waals surface area contributed by atoms with Crippen molar-refractivity contribution in [3.63, 3.8) is 0 Å². The molecule has 0 heterocycles. The van der Waals surface area contributed by atoms with Crippen LogP contribution in [0.15, 0.2) is 23.7 Å². The lowest BCUT2D eigenvalue weighted by atomic mass is 10.1. The fourth-order valence-corrected chi connectivity index (χ4v) is 1.70. The molecular weight excluding hydrogens is 278 g/mol. The molecule has 0 aliphatic heterocycles. The van der Waals surface area contributed by atoms with Gasteiger partial charge in [-0.25, -0.2) is 0 Å². The highest BCUT2D eigenvalue weighted by Crippen LogP contribution is 2.08. The van der Waals surface area contributed by atoms with E-state index < -0.39 is 0 Å². The van der Waals surface area contributed by atoms with E-state index in [0.29, 0.717) is 13.0 Å². The molecule has 0 rings (SSSR count). The number of carbonyl (C=O) groups is 1. The van der Waals surface area contributed by atoms with E-state index >= 15 is 0 Å². The molecule has 0 aromatic rings. The fourth-order valence-electron chi connectivity index (χ4n) is 1.56. The molecule has 1 amide bonds. The minimum atomic E-state index is 0.122. The van der Waals surface area contributed by atoms with Gasteiger partial charge in [0.05, 0.1) is 0 Å². The predicted octanol–water partition coefficient (Wildman–Crippen LogP) is 4.32. The van der Waals surface area contributed by atoms with Crippen LogP contribution in [0, 0.1) is 0 Å². The molecule has 0 spiro atoms. The van der Waals surface area contributed by atoms with Crippen molar-refractivity contribution in [3.8, 4) is 0 Å². The lowest BCUT2D eigenvalue weighted by molar-refractivity contribution is -0.121. The van der Waals surface area contributed by atoms with Gasteiger partial charge in [0.2, 0.25) is 5.91 Å². The van der Waals surface area contributed by atoms with Gasteiger partial charge in [0.15, 0.2) is 0 Å². The molecule has 0 aliphatic rings. The Labute approximate surface area is 114 Å². The van der Waals surface area contributed by atoms with Gasteiger partial charge in [0, 0.05) is 17.4 Å². The van der Waals surface area contributed by atoms with E-state index in [4.69, 9.17) is 0 Å². The molecule has 0 atom stereocenters. The van der Waals surface area contributed by atoms with Gasteiger partial charge < -0.3 is 5.32 Å². The minimum absolute atomic E-state index is 0.122. The third kappa shape index (κ3) is 13.4. The second-order valence-electron chi connectivity index (χ2n) is 4.24. The molecule has 98 valence electrons. The van der Waals surface area contributed by atoms with Gasteiger partial charge in [-0.15, -0.1) is 6.58 Å². The minimum Gasteiger partial charge on any atom is -0.352 e. The summed E-state index contributed by atoms with van der Waals surface area (Å²) in [5, 5.41) is 2.80. The van der Waals surface area contributed by atoms with Gasteiger partial charge in [-0.1, -0.05) is 54.3 Å². The molecule has 0 unspecified atom stereocenters. The van der Waals surface area contributed by atoms with Crippen molar-refractivity contribution >= 4 is 21.8 Å². The highest BCUT2D eigenvalue weighted by Gasteiger charge is 2.00. The van der Waals surface area contributed by atoms with Crippen molar-refractivity contribution < 1.29 is 4.79 Å². The normalized spacial score (nSPS) is 9.94. The maximum Gasteiger partial charge on any atom is 0.220 e. The summed E-state index contributed by atoms with van der Waals surface area (Å²) in [6, 6.07) is 0. The van der Waals surface area contributed by atoms with Gasteiger partial charge in [-0.05, 0) is 19.3 Å². The molecule has 2 nitrogen and oxygen atoms in total. The predicted molar refractivity (Wildman–Crippen MR) is 78.2 cm³/mol. The van der Waals surface area contributed by atoms with Gasteiger partial charge in [-0.2, -0.15) is 0 Å². The maximum atomic E-state index is 11.3. The number of amides is 1. The fraction of sp³-hybridized carbons (Fsp3) is 0.643. The molecule has 0 aromatic carbocycles. The summed E-state index contributed by atoms with van der Waals surface area (Å²) in [6.45, 7) is 7.90. The lowest BCUT2D eigenvalue weighted by Crippen LogP contribution is -2.23. The van der Waals surface area contributed by atoms with E-state index in [-0.39, 0.29) is 5.91 Å². The average Bonchev–Trinajstić information content (AvgIpc) is 2.30. The van der Waals surface area contributed by atoms with Crippen molar-refractivity contribution in [2.75, 3.05) is 6.54 Å². The Morgan fingerprint density at radius 2 is 1.71 bits per heavy atom. The molecule has 0 radical (unpaired) electrons. The van der Waals surface area contributed by atoms with Crippen LogP contribution in [0.1, 0.15) is 51.4 Å². The second kappa shape index (κ2) is 11.9. The van der Waals surface area contributed by atoms with Crippen LogP contribution >= 0.6 is 15.9 Å². The second-order valence-corrected chi connectivity index (χ2v) is 5.36. The van der Waals surface area contributed by atoms with Crippen LogP contribution < -0.4 is 5.32 Å². The van der Waals surface area contributed by atoms with Crippen LogP contribution in [0.3, 0.4) is 0 Å². The van der Waals surface area contributed by atoms with Crippen molar-refractivity contribution in [3.05, 3.63) is 23.7 Å². The van der Waals surface area contributed by atoms with Gasteiger partial charge in [-0.3, -0.25) is 4.79 Å². The van der Waals surface area contributed by atoms with Crippen LogP contribution in [0.4, 0.5) is 0 Å². The largest absolute Gasteiger partial charge is 0.352 e. The summed E-state index contributed by atoms with van der Waals surface area (Å²) in [5.41, 5.74) is 0. The van der Waals surface area contributed by atoms with Crippen molar-refractivity contribution in [2.45, 2.75) is 51.4 Å². The molecule has 17 heavy (non-hydrogen) atoms. The summed E-state index contributed by atoms with van der Waals surface area (Å²) >= 11 is 3.21. The molecule has 0 saturated heterocycles. The lowest BCUT2D eigenvalue weighted by Gasteiger charge is -2.04. The van der Waals surface area contributed by atoms with E-state index in [1.165, 1.54) is 25.7 Å². The SMILES string of the molecule is C=CCCCCCCCCC(=O)NCC(=C)Br. The number of nitrogens with one attached hydrogen (secondary N) is 1. The van der Waals surface area contributed by atoms with Crippen LogP contribution in [-0.4, -0.2) is 12.5 Å². The first-order valence-corrected chi connectivity index (χ1v) is 7.17. The van der Waals surface area contributed by atoms with E-state index in [9.17, 15) is 4.79 Å². The zero-order chi connectivity index (χ0) is 12.9.